The summed E-state index contributed by atoms with van der Waals surface area (Å²) in [5.74, 6) is -1.51. The van der Waals surface area contributed by atoms with Crippen molar-refractivity contribution in [3.8, 4) is 6.07 Å². The summed E-state index contributed by atoms with van der Waals surface area (Å²) < 4.78 is 0. The van der Waals surface area contributed by atoms with Crippen molar-refractivity contribution in [1.29, 1.82) is 5.26 Å². The molecule has 1 unspecified atom stereocenters. The van der Waals surface area contributed by atoms with Gasteiger partial charge in [0.25, 0.3) is 0 Å². The minimum Gasteiger partial charge on any atom is -0.479 e. The fraction of sp³-hybridized carbons (Fsp3) is 0.333. The highest BCUT2D eigenvalue weighted by Crippen LogP contribution is 1.74. The number of carbonyl (C=O) groups is 1. The van der Waals surface area contributed by atoms with Crippen LogP contribution >= 0.6 is 0 Å². The Hall–Kier alpha value is -1.08. The first-order valence-corrected chi connectivity index (χ1v) is 1.49. The van der Waals surface area contributed by atoms with Crippen LogP contribution in [0.4, 0.5) is 0 Å². The molecule has 7 heavy (non-hydrogen) atoms. The molecule has 0 aliphatic heterocycles. The summed E-state index contributed by atoms with van der Waals surface area (Å²) in [5.41, 5.74) is 0. The summed E-state index contributed by atoms with van der Waals surface area (Å²) in [4.78, 5) is 9.46. The van der Waals surface area contributed by atoms with E-state index in [9.17, 15) is 4.79 Å². The van der Waals surface area contributed by atoms with Gasteiger partial charge in [0.1, 0.15) is 6.07 Å². The molecule has 2 N–H and O–H groups in total. The standard InChI is InChI=1S/C3H3NO3/c4-1-2(5)3(6)7/h2,5H,(H,6,7). The summed E-state index contributed by atoms with van der Waals surface area (Å²) in [6, 6.07) is 1.12. The molecule has 0 aliphatic rings. The third-order valence-electron chi connectivity index (χ3n) is 0.356. The third kappa shape index (κ3) is 1.73. The number of nitriles is 1. The van der Waals surface area contributed by atoms with Crippen LogP contribution in [-0.2, 0) is 4.79 Å². The molecule has 0 rings (SSSR count). The van der Waals surface area contributed by atoms with E-state index in [2.05, 4.69) is 0 Å². The van der Waals surface area contributed by atoms with Crippen molar-refractivity contribution in [2.75, 3.05) is 0 Å². The number of carboxylic acid groups (broad SMARTS) is 1. The third-order valence-corrected chi connectivity index (χ3v) is 0.356. The molecule has 0 aromatic rings. The van der Waals surface area contributed by atoms with E-state index in [4.69, 9.17) is 15.5 Å². The molecule has 1 atom stereocenters. The molecule has 0 radical (unpaired) electrons. The van der Waals surface area contributed by atoms with Crippen molar-refractivity contribution in [3.05, 3.63) is 0 Å². The van der Waals surface area contributed by atoms with Gasteiger partial charge in [0.15, 0.2) is 0 Å². The second-order valence-corrected chi connectivity index (χ2v) is 0.870. The van der Waals surface area contributed by atoms with Gasteiger partial charge < -0.3 is 10.2 Å². The number of aliphatic hydroxyl groups is 1. The maximum Gasteiger partial charge on any atom is 0.347 e. The molecule has 0 fully saturated rings. The van der Waals surface area contributed by atoms with Crippen LogP contribution in [-0.4, -0.2) is 22.3 Å². The molecule has 0 aromatic heterocycles. The SMILES string of the molecule is N#CC(O)C(=O)O. The van der Waals surface area contributed by atoms with E-state index >= 15 is 0 Å². The first kappa shape index (κ1) is 5.92. The molecule has 4 nitrogen and oxygen atoms in total. The number of nitrogens with zero attached hydrogens (tertiary/aromatic N) is 1. The van der Waals surface area contributed by atoms with E-state index in [1.165, 1.54) is 0 Å². The number of hydrogen-bond acceptors (Lipinski definition) is 3. The highest BCUT2D eigenvalue weighted by molar-refractivity contribution is 5.74. The topological polar surface area (TPSA) is 81.3 Å². The van der Waals surface area contributed by atoms with Crippen molar-refractivity contribution in [2.24, 2.45) is 0 Å². The predicted molar refractivity (Wildman–Crippen MR) is 19.3 cm³/mol. The highest BCUT2D eigenvalue weighted by atomic mass is 16.4. The summed E-state index contributed by atoms with van der Waals surface area (Å²) in [7, 11) is 0. The quantitative estimate of drug-likeness (QED) is 0.413. The van der Waals surface area contributed by atoms with Gasteiger partial charge in [0.05, 0.1) is 0 Å². The molecule has 0 bridgehead atoms. The molecule has 0 saturated heterocycles. The van der Waals surface area contributed by atoms with Crippen molar-refractivity contribution >= 4 is 5.97 Å². The molecule has 0 aliphatic carbocycles. The van der Waals surface area contributed by atoms with Crippen LogP contribution in [0.15, 0.2) is 0 Å². The van der Waals surface area contributed by atoms with Crippen molar-refractivity contribution in [3.63, 3.8) is 0 Å². The number of rotatable bonds is 1. The Labute approximate surface area is 39.6 Å². The van der Waals surface area contributed by atoms with E-state index in [1.807, 2.05) is 0 Å². The molecular weight excluding hydrogens is 98.0 g/mol. The molecule has 0 amide bonds. The monoisotopic (exact) mass is 101 g/mol. The van der Waals surface area contributed by atoms with Gasteiger partial charge in [-0.15, -0.1) is 0 Å². The van der Waals surface area contributed by atoms with E-state index in [-0.39, 0.29) is 0 Å². The van der Waals surface area contributed by atoms with E-state index in [1.54, 1.807) is 0 Å². The Kier molecular flexibility index (Phi) is 1.82. The summed E-state index contributed by atoms with van der Waals surface area (Å²) in [6.07, 6.45) is -1.88. The maximum atomic E-state index is 9.46. The second-order valence-electron chi connectivity index (χ2n) is 0.870. The lowest BCUT2D eigenvalue weighted by atomic mass is 10.4. The fourth-order valence-corrected chi connectivity index (χ4v) is 0.0552. The lowest BCUT2D eigenvalue weighted by molar-refractivity contribution is -0.143. The maximum absolute atomic E-state index is 9.46. The molecular formula is C3H3NO3. The number of aliphatic carboxylic acids is 1. The van der Waals surface area contributed by atoms with Gasteiger partial charge in [0.2, 0.25) is 6.10 Å². The van der Waals surface area contributed by atoms with Crippen molar-refractivity contribution in [2.45, 2.75) is 6.10 Å². The largest absolute Gasteiger partial charge is 0.479 e. The van der Waals surface area contributed by atoms with Crippen LogP contribution < -0.4 is 0 Å². The molecule has 0 aromatic carbocycles. The molecule has 0 heterocycles. The predicted octanol–water partition coefficient (Wildman–Crippen LogP) is -1.04. The average Bonchev–Trinajstić information content (AvgIpc) is 1.65. The van der Waals surface area contributed by atoms with Gasteiger partial charge in [-0.1, -0.05) is 0 Å². The van der Waals surface area contributed by atoms with Crippen molar-refractivity contribution < 1.29 is 15.0 Å². The molecule has 38 valence electrons. The molecule has 4 heteroatoms. The van der Waals surface area contributed by atoms with Crippen LogP contribution in [0.3, 0.4) is 0 Å². The minimum absolute atomic E-state index is 1.12. The number of aliphatic hydroxyl groups excluding tert-OH is 1. The second kappa shape index (κ2) is 2.16. The Morgan fingerprint density at radius 3 is 2.29 bits per heavy atom. The number of carboxylic acids is 1. The Morgan fingerprint density at radius 2 is 2.29 bits per heavy atom. The van der Waals surface area contributed by atoms with Gasteiger partial charge in [-0.05, 0) is 0 Å². The van der Waals surface area contributed by atoms with Gasteiger partial charge in [0, 0.05) is 0 Å². The molecule has 0 spiro atoms. The minimum atomic E-state index is -1.88. The smallest absolute Gasteiger partial charge is 0.347 e. The fourth-order valence-electron chi connectivity index (χ4n) is 0.0552. The summed E-state index contributed by atoms with van der Waals surface area (Å²) >= 11 is 0. The average molecular weight is 101 g/mol. The first-order chi connectivity index (χ1) is 3.18. The van der Waals surface area contributed by atoms with Gasteiger partial charge in [-0.3, -0.25) is 0 Å². The zero-order valence-electron chi connectivity index (χ0n) is 3.33. The highest BCUT2D eigenvalue weighted by Gasteiger charge is 2.08. The summed E-state index contributed by atoms with van der Waals surface area (Å²) in [6.45, 7) is 0. The van der Waals surface area contributed by atoms with E-state index in [0.29, 0.717) is 0 Å². The Morgan fingerprint density at radius 1 is 1.86 bits per heavy atom. The zero-order valence-corrected chi connectivity index (χ0v) is 3.33. The van der Waals surface area contributed by atoms with E-state index in [0.717, 1.165) is 6.07 Å². The van der Waals surface area contributed by atoms with Crippen LogP contribution in [0.1, 0.15) is 0 Å². The van der Waals surface area contributed by atoms with Crippen LogP contribution in [0.5, 0.6) is 0 Å². The van der Waals surface area contributed by atoms with Crippen LogP contribution in [0, 0.1) is 11.3 Å². The van der Waals surface area contributed by atoms with Gasteiger partial charge in [-0.25, -0.2) is 4.79 Å². The molecule has 0 saturated carbocycles. The zero-order chi connectivity index (χ0) is 5.86. The van der Waals surface area contributed by atoms with Gasteiger partial charge >= 0.3 is 5.97 Å². The number of hydrogen-bond donors (Lipinski definition) is 2. The van der Waals surface area contributed by atoms with Gasteiger partial charge in [-0.2, -0.15) is 5.26 Å². The first-order valence-electron chi connectivity index (χ1n) is 1.49. The van der Waals surface area contributed by atoms with Crippen molar-refractivity contribution in [1.82, 2.24) is 0 Å². The van der Waals surface area contributed by atoms with Crippen LogP contribution in [0.2, 0.25) is 0 Å². The summed E-state index contributed by atoms with van der Waals surface area (Å²) in [5, 5.41) is 23.3. The Balaban J connectivity index is 3.63. The lowest BCUT2D eigenvalue weighted by Gasteiger charge is -1.86. The normalized spacial score (nSPS) is 12.0. The Bertz CT molecular complexity index is 114. The van der Waals surface area contributed by atoms with E-state index < -0.39 is 12.1 Å². The van der Waals surface area contributed by atoms with Crippen LogP contribution in [0.25, 0.3) is 0 Å². The lowest BCUT2D eigenvalue weighted by Crippen LogP contribution is -2.15.